The number of halogens is 3. The van der Waals surface area contributed by atoms with Crippen molar-refractivity contribution in [2.75, 3.05) is 33.8 Å². The van der Waals surface area contributed by atoms with Gasteiger partial charge in [0.15, 0.2) is 12.2 Å². The second-order valence-corrected chi connectivity index (χ2v) is 18.6. The number of carbonyl (C=O) groups is 2. The number of hydrogen-bond acceptors (Lipinski definition) is 17. The maximum atomic E-state index is 13.5. The summed E-state index contributed by atoms with van der Waals surface area (Å²) in [6, 6.07) is 26.4. The van der Waals surface area contributed by atoms with Gasteiger partial charge in [-0.05, 0) is 111 Å². The SMILES string of the molecule is COC(=O)[C@H](Cn1c(=O)nc(C)n(Cc2ccc(Cl)cc2)c1=O)OC.COC(=O)[C@H](Cn1c(=O)nc(Nc2ccc(OC(C)C)c(C)c2)n(Cc2ccc(Cl)cc2)c1=O)OC.Cc1nc(=O)[nH]c(=O)n1Cc1ccc(Cl)cc1. The highest BCUT2D eigenvalue weighted by Gasteiger charge is 2.25. The Bertz CT molecular complexity index is 3580. The first-order valence-corrected chi connectivity index (χ1v) is 24.8. The molecule has 0 amide bonds. The van der Waals surface area contributed by atoms with Crippen molar-refractivity contribution in [2.45, 2.75) is 85.7 Å². The molecule has 0 aliphatic heterocycles. The molecule has 2 atom stereocenters. The van der Waals surface area contributed by atoms with Gasteiger partial charge in [0.05, 0.1) is 53.0 Å². The van der Waals surface area contributed by atoms with E-state index in [1.165, 1.54) is 42.1 Å². The largest absolute Gasteiger partial charge is 0.491 e. The number of aryl methyl sites for hydroxylation is 3. The van der Waals surface area contributed by atoms with Gasteiger partial charge in [0, 0.05) is 35.0 Å². The molecule has 0 radical (unpaired) electrons. The number of nitrogens with zero attached hydrogens (tertiary/aromatic N) is 8. The molecule has 0 aliphatic rings. The van der Waals surface area contributed by atoms with Gasteiger partial charge in [-0.2, -0.15) is 15.0 Å². The highest BCUT2D eigenvalue weighted by molar-refractivity contribution is 6.31. The minimum absolute atomic E-state index is 0.0160. The third-order valence-corrected chi connectivity index (χ3v) is 12.1. The monoisotopic (exact) mass is 1130 g/mol. The van der Waals surface area contributed by atoms with E-state index in [1.54, 1.807) is 86.6 Å². The van der Waals surface area contributed by atoms with E-state index in [4.69, 9.17) is 53.8 Å². The Morgan fingerprint density at radius 2 is 0.987 bits per heavy atom. The number of benzene rings is 4. The van der Waals surface area contributed by atoms with E-state index in [0.717, 1.165) is 37.1 Å². The standard InChI is InChI=1S/C25H29ClN4O6.C16H18ClN3O5.C11H10ClN3O2/c1-15(2)36-20-11-10-19(12-16(20)3)27-23-28-24(32)30(14-21(34-4)22(31)35-5)25(33)29(23)13-17-6-8-18(26)9-7-17;1-10-18-15(22)20(9-13(24-2)14(21)25-3)16(23)19(10)8-11-4-6-12(17)7-5-11;1-7-13-10(16)14-11(17)15(7)6-8-2-4-9(12)5-3-8/h6-12,15,21H,13-14H2,1-5H3,(H,27,28,32);4-7,13H,8-9H2,1-3H3;2-5H,6H2,1H3,(H,14,16,17)/t21-;13-;/m00./s1. The summed E-state index contributed by atoms with van der Waals surface area (Å²) in [6.45, 7) is 8.98. The molecule has 78 heavy (non-hydrogen) atoms. The van der Waals surface area contributed by atoms with Crippen LogP contribution in [-0.4, -0.2) is 101 Å². The van der Waals surface area contributed by atoms with Crippen LogP contribution in [0, 0.1) is 20.8 Å². The van der Waals surface area contributed by atoms with Crippen molar-refractivity contribution >= 4 is 58.4 Å². The first kappa shape index (κ1) is 60.9. The maximum absolute atomic E-state index is 13.5. The lowest BCUT2D eigenvalue weighted by molar-refractivity contribution is -0.153. The Balaban J connectivity index is 0.000000231. The second kappa shape index (κ2) is 28.4. The number of rotatable bonds is 18. The molecule has 0 spiro atoms. The van der Waals surface area contributed by atoms with Gasteiger partial charge in [-0.3, -0.25) is 18.7 Å². The van der Waals surface area contributed by atoms with Crippen LogP contribution in [0.4, 0.5) is 11.6 Å². The van der Waals surface area contributed by atoms with Crippen LogP contribution in [-0.2, 0) is 61.3 Å². The summed E-state index contributed by atoms with van der Waals surface area (Å²) in [5.41, 5.74) is 0.0381. The van der Waals surface area contributed by atoms with Gasteiger partial charge in [-0.25, -0.2) is 47.5 Å². The summed E-state index contributed by atoms with van der Waals surface area (Å²) in [7, 11) is 4.97. The van der Waals surface area contributed by atoms with Crippen LogP contribution < -0.4 is 44.2 Å². The molecule has 7 rings (SSSR count). The van der Waals surface area contributed by atoms with Crippen LogP contribution in [0.3, 0.4) is 0 Å². The predicted molar refractivity (Wildman–Crippen MR) is 292 cm³/mol. The molecule has 0 saturated heterocycles. The molecule has 0 unspecified atom stereocenters. The fourth-order valence-electron chi connectivity index (χ4n) is 7.26. The molecule has 7 aromatic rings. The summed E-state index contributed by atoms with van der Waals surface area (Å²) < 4.78 is 30.9. The highest BCUT2D eigenvalue weighted by atomic mass is 35.5. The Hall–Kier alpha value is -7.96. The molecule has 0 fully saturated rings. The third-order valence-electron chi connectivity index (χ3n) is 11.4. The molecule has 0 aliphatic carbocycles. The zero-order valence-electron chi connectivity index (χ0n) is 43.9. The molecule has 2 N–H and O–H groups in total. The van der Waals surface area contributed by atoms with E-state index in [-0.39, 0.29) is 44.1 Å². The molecular weight excluding hydrogens is 1080 g/mol. The number of anilines is 2. The van der Waals surface area contributed by atoms with E-state index < -0.39 is 58.3 Å². The quantitative estimate of drug-likeness (QED) is 0.110. The van der Waals surface area contributed by atoms with Gasteiger partial charge >= 0.3 is 46.1 Å². The van der Waals surface area contributed by atoms with Gasteiger partial charge in [-0.1, -0.05) is 71.2 Å². The molecule has 0 bridgehead atoms. The van der Waals surface area contributed by atoms with Crippen LogP contribution in [0.15, 0.2) is 120 Å². The van der Waals surface area contributed by atoms with Crippen molar-refractivity contribution < 1.29 is 33.3 Å². The topological polar surface area (TPSA) is 274 Å². The average molecular weight is 1140 g/mol. The van der Waals surface area contributed by atoms with Crippen molar-refractivity contribution in [1.29, 1.82) is 0 Å². The molecular formula is C52H57Cl3N10O13. The molecule has 4 aromatic carbocycles. The number of carbonyl (C=O) groups excluding carboxylic acids is 2. The minimum atomic E-state index is -1.15. The minimum Gasteiger partial charge on any atom is -0.491 e. The lowest BCUT2D eigenvalue weighted by Gasteiger charge is -2.18. The molecule has 26 heteroatoms. The average Bonchev–Trinajstić information content (AvgIpc) is 3.42. The van der Waals surface area contributed by atoms with Crippen LogP contribution in [0.1, 0.15) is 47.8 Å². The number of H-pyrrole nitrogens is 1. The highest BCUT2D eigenvalue weighted by Crippen LogP contribution is 2.25. The zero-order valence-corrected chi connectivity index (χ0v) is 46.2. The molecule has 3 heterocycles. The predicted octanol–water partition coefficient (Wildman–Crippen LogP) is 4.68. The number of hydrogen-bond donors (Lipinski definition) is 2. The lowest BCUT2D eigenvalue weighted by atomic mass is 10.2. The number of nitrogens with one attached hydrogen (secondary N) is 2. The lowest BCUT2D eigenvalue weighted by Crippen LogP contribution is -2.46. The van der Waals surface area contributed by atoms with Crippen molar-refractivity contribution in [3.63, 3.8) is 0 Å². The Kier molecular flexibility index (Phi) is 22.2. The first-order valence-electron chi connectivity index (χ1n) is 23.6. The van der Waals surface area contributed by atoms with Crippen molar-refractivity contribution in [3.8, 4) is 5.75 Å². The number of esters is 2. The smallest absolute Gasteiger partial charge is 0.355 e. The summed E-state index contributed by atoms with van der Waals surface area (Å²) >= 11 is 17.6. The van der Waals surface area contributed by atoms with E-state index in [9.17, 15) is 38.4 Å². The van der Waals surface area contributed by atoms with Gasteiger partial charge in [0.25, 0.3) is 0 Å². The van der Waals surface area contributed by atoms with Crippen molar-refractivity contribution in [3.05, 3.63) is 203 Å². The van der Waals surface area contributed by atoms with Gasteiger partial charge < -0.3 is 29.0 Å². The van der Waals surface area contributed by atoms with Crippen molar-refractivity contribution in [1.82, 2.24) is 42.8 Å². The fraction of sp³-hybridized carbons (Fsp3) is 0.327. The van der Waals surface area contributed by atoms with Crippen LogP contribution in [0.5, 0.6) is 5.75 Å². The number of ether oxygens (including phenoxy) is 5. The number of aromatic nitrogens is 9. The molecule has 414 valence electrons. The van der Waals surface area contributed by atoms with E-state index in [1.807, 2.05) is 39.0 Å². The Labute approximate surface area is 460 Å². The van der Waals surface area contributed by atoms with E-state index in [0.29, 0.717) is 33.1 Å². The number of methoxy groups -OCH3 is 4. The molecule has 0 saturated carbocycles. The molecule has 23 nitrogen and oxygen atoms in total. The van der Waals surface area contributed by atoms with Crippen molar-refractivity contribution in [2.24, 2.45) is 0 Å². The van der Waals surface area contributed by atoms with Gasteiger partial charge in [0.2, 0.25) is 5.95 Å². The summed E-state index contributed by atoms with van der Waals surface area (Å²) in [5, 5.41) is 4.84. The van der Waals surface area contributed by atoms with E-state index >= 15 is 0 Å². The van der Waals surface area contributed by atoms with Gasteiger partial charge in [0.1, 0.15) is 17.4 Å². The summed E-state index contributed by atoms with van der Waals surface area (Å²) in [5.74, 6) is 0.0288. The van der Waals surface area contributed by atoms with Crippen LogP contribution in [0.2, 0.25) is 15.1 Å². The summed E-state index contributed by atoms with van der Waals surface area (Å²) in [4.78, 5) is 111. The van der Waals surface area contributed by atoms with Crippen LogP contribution in [0.25, 0.3) is 0 Å². The van der Waals surface area contributed by atoms with E-state index in [2.05, 4.69) is 30.0 Å². The number of aromatic amines is 1. The Morgan fingerprint density at radius 1 is 0.564 bits per heavy atom. The molecule has 3 aromatic heterocycles. The van der Waals surface area contributed by atoms with Crippen LogP contribution >= 0.6 is 34.8 Å². The third kappa shape index (κ3) is 16.8. The maximum Gasteiger partial charge on any atom is 0.355 e. The Morgan fingerprint density at radius 3 is 1.41 bits per heavy atom. The first-order chi connectivity index (χ1) is 37.0. The normalized spacial score (nSPS) is 11.6. The zero-order chi connectivity index (χ0) is 57.4. The second-order valence-electron chi connectivity index (χ2n) is 17.2. The van der Waals surface area contributed by atoms with Gasteiger partial charge in [-0.15, -0.1) is 0 Å². The summed E-state index contributed by atoms with van der Waals surface area (Å²) in [6.07, 6.45) is -2.22. The fourth-order valence-corrected chi connectivity index (χ4v) is 7.64.